The van der Waals surface area contributed by atoms with Crippen molar-refractivity contribution in [3.8, 4) is 11.5 Å². The number of amides is 1. The molecule has 2 aromatic carbocycles. The normalized spacial score (nSPS) is 10.6. The van der Waals surface area contributed by atoms with Gasteiger partial charge in [-0.25, -0.2) is 9.37 Å². The maximum absolute atomic E-state index is 13.8. The van der Waals surface area contributed by atoms with Crippen LogP contribution in [-0.2, 0) is 0 Å². The highest BCUT2D eigenvalue weighted by Gasteiger charge is 2.15. The molecule has 0 bridgehead atoms. The number of nitrogens with zero attached hydrogens (tertiary/aromatic N) is 1. The lowest BCUT2D eigenvalue weighted by molar-refractivity contribution is 0.102. The Labute approximate surface area is 135 Å². The van der Waals surface area contributed by atoms with Gasteiger partial charge in [0.15, 0.2) is 5.13 Å². The Bertz CT molecular complexity index is 879. The van der Waals surface area contributed by atoms with E-state index in [1.165, 1.54) is 36.6 Å². The highest BCUT2D eigenvalue weighted by atomic mass is 32.1. The van der Waals surface area contributed by atoms with Crippen LogP contribution >= 0.6 is 11.3 Å². The molecule has 0 aliphatic carbocycles. The van der Waals surface area contributed by atoms with Crippen LogP contribution in [-0.4, -0.2) is 25.1 Å². The fourth-order valence-electron chi connectivity index (χ4n) is 2.06. The number of anilines is 1. The van der Waals surface area contributed by atoms with E-state index in [2.05, 4.69) is 10.3 Å². The van der Waals surface area contributed by atoms with E-state index in [4.69, 9.17) is 9.47 Å². The van der Waals surface area contributed by atoms with Gasteiger partial charge in [-0.1, -0.05) is 11.3 Å². The van der Waals surface area contributed by atoms with Gasteiger partial charge in [-0.05, 0) is 36.4 Å². The van der Waals surface area contributed by atoms with Gasteiger partial charge in [0.2, 0.25) is 0 Å². The van der Waals surface area contributed by atoms with Crippen LogP contribution in [0.5, 0.6) is 11.5 Å². The Balaban J connectivity index is 1.88. The summed E-state index contributed by atoms with van der Waals surface area (Å²) in [6, 6.07) is 9.41. The molecule has 0 fully saturated rings. The third-order valence-corrected chi connectivity index (χ3v) is 4.17. The average Bonchev–Trinajstić information content (AvgIpc) is 2.96. The smallest absolute Gasteiger partial charge is 0.260 e. The summed E-state index contributed by atoms with van der Waals surface area (Å²) in [7, 11) is 3.03. The topological polar surface area (TPSA) is 60.5 Å². The molecule has 7 heteroatoms. The Morgan fingerprint density at radius 1 is 1.13 bits per heavy atom. The molecule has 3 rings (SSSR count). The van der Waals surface area contributed by atoms with Crippen molar-refractivity contribution in [3.05, 3.63) is 47.8 Å². The molecule has 1 amide bonds. The minimum Gasteiger partial charge on any atom is -0.497 e. The number of aromatic nitrogens is 1. The van der Waals surface area contributed by atoms with Gasteiger partial charge >= 0.3 is 0 Å². The molecule has 0 spiro atoms. The molecule has 3 aromatic rings. The Kier molecular flexibility index (Phi) is 4.12. The summed E-state index contributed by atoms with van der Waals surface area (Å²) in [5, 5.41) is 3.00. The zero-order valence-corrected chi connectivity index (χ0v) is 13.2. The molecule has 0 aliphatic rings. The van der Waals surface area contributed by atoms with Crippen LogP contribution in [0, 0.1) is 5.82 Å². The monoisotopic (exact) mass is 332 g/mol. The molecule has 0 saturated carbocycles. The molecule has 0 atom stereocenters. The molecule has 118 valence electrons. The fourth-order valence-corrected chi connectivity index (χ4v) is 2.94. The van der Waals surface area contributed by atoms with Crippen molar-refractivity contribution < 1.29 is 18.7 Å². The SMILES string of the molecule is COc1ccc(F)c(C(=O)Nc2nc3ccc(OC)cc3s2)c1. The number of nitrogens with one attached hydrogen (secondary N) is 1. The van der Waals surface area contributed by atoms with Crippen LogP contribution in [0.3, 0.4) is 0 Å². The number of hydrogen-bond acceptors (Lipinski definition) is 5. The molecule has 0 radical (unpaired) electrons. The van der Waals surface area contributed by atoms with Crippen LogP contribution in [0.15, 0.2) is 36.4 Å². The largest absolute Gasteiger partial charge is 0.497 e. The van der Waals surface area contributed by atoms with Crippen molar-refractivity contribution in [3.63, 3.8) is 0 Å². The molecule has 1 aromatic heterocycles. The second kappa shape index (κ2) is 6.21. The van der Waals surface area contributed by atoms with Gasteiger partial charge in [0.25, 0.3) is 5.91 Å². The van der Waals surface area contributed by atoms with Gasteiger partial charge in [-0.2, -0.15) is 0 Å². The van der Waals surface area contributed by atoms with Crippen LogP contribution in [0.2, 0.25) is 0 Å². The lowest BCUT2D eigenvalue weighted by Crippen LogP contribution is -2.13. The minimum absolute atomic E-state index is 0.0961. The van der Waals surface area contributed by atoms with E-state index >= 15 is 0 Å². The van der Waals surface area contributed by atoms with E-state index in [-0.39, 0.29) is 5.56 Å². The van der Waals surface area contributed by atoms with E-state index in [1.54, 1.807) is 19.2 Å². The summed E-state index contributed by atoms with van der Waals surface area (Å²) in [6.07, 6.45) is 0. The Morgan fingerprint density at radius 2 is 1.83 bits per heavy atom. The molecular formula is C16H13FN2O3S. The predicted octanol–water partition coefficient (Wildman–Crippen LogP) is 3.70. The van der Waals surface area contributed by atoms with Crippen molar-refractivity contribution in [2.24, 2.45) is 0 Å². The number of thiazole rings is 1. The van der Waals surface area contributed by atoms with Crippen molar-refractivity contribution in [1.29, 1.82) is 0 Å². The molecule has 5 nitrogen and oxygen atoms in total. The Morgan fingerprint density at radius 3 is 2.57 bits per heavy atom. The number of rotatable bonds is 4. The number of fused-ring (bicyclic) bond motifs is 1. The van der Waals surface area contributed by atoms with Gasteiger partial charge in [0.05, 0.1) is 30.0 Å². The Hall–Kier alpha value is -2.67. The maximum atomic E-state index is 13.8. The number of carbonyl (C=O) groups is 1. The van der Waals surface area contributed by atoms with Crippen molar-refractivity contribution in [1.82, 2.24) is 4.98 Å². The fraction of sp³-hybridized carbons (Fsp3) is 0.125. The minimum atomic E-state index is -0.619. The van der Waals surface area contributed by atoms with Crippen molar-refractivity contribution >= 4 is 32.6 Å². The molecule has 23 heavy (non-hydrogen) atoms. The summed E-state index contributed by atoms with van der Waals surface area (Å²) in [5.74, 6) is -0.0815. The first-order valence-electron chi connectivity index (χ1n) is 6.70. The molecule has 0 aliphatic heterocycles. The summed E-state index contributed by atoms with van der Waals surface area (Å²) in [6.45, 7) is 0. The van der Waals surface area contributed by atoms with Gasteiger partial charge in [-0.3, -0.25) is 10.1 Å². The van der Waals surface area contributed by atoms with Crippen molar-refractivity contribution in [2.75, 3.05) is 19.5 Å². The van der Waals surface area contributed by atoms with E-state index in [1.807, 2.05) is 6.07 Å². The molecular weight excluding hydrogens is 319 g/mol. The van der Waals surface area contributed by atoms with E-state index < -0.39 is 11.7 Å². The third-order valence-electron chi connectivity index (χ3n) is 3.23. The first-order chi connectivity index (χ1) is 11.1. The van der Waals surface area contributed by atoms with E-state index in [0.717, 1.165) is 10.2 Å². The summed E-state index contributed by atoms with van der Waals surface area (Å²) >= 11 is 1.29. The van der Waals surface area contributed by atoms with Crippen LogP contribution in [0.4, 0.5) is 9.52 Å². The maximum Gasteiger partial charge on any atom is 0.260 e. The summed E-state index contributed by atoms with van der Waals surface area (Å²) < 4.78 is 24.8. The zero-order chi connectivity index (χ0) is 16.4. The highest BCUT2D eigenvalue weighted by molar-refractivity contribution is 7.22. The zero-order valence-electron chi connectivity index (χ0n) is 12.4. The van der Waals surface area contributed by atoms with Crippen molar-refractivity contribution in [2.45, 2.75) is 0 Å². The standard InChI is InChI=1S/C16H13FN2O3S/c1-21-9-3-5-12(17)11(7-9)15(20)19-16-18-13-6-4-10(22-2)8-14(13)23-16/h3-8H,1-2H3,(H,18,19,20). The first kappa shape index (κ1) is 15.2. The number of methoxy groups -OCH3 is 2. The van der Waals surface area contributed by atoms with Gasteiger partial charge < -0.3 is 9.47 Å². The molecule has 0 unspecified atom stereocenters. The van der Waals surface area contributed by atoms with Gasteiger partial charge in [0, 0.05) is 0 Å². The quantitative estimate of drug-likeness (QED) is 0.791. The summed E-state index contributed by atoms with van der Waals surface area (Å²) in [5.41, 5.74) is 0.637. The number of ether oxygens (including phenoxy) is 2. The van der Waals surface area contributed by atoms with Gasteiger partial charge in [0.1, 0.15) is 17.3 Å². The predicted molar refractivity (Wildman–Crippen MR) is 87.1 cm³/mol. The van der Waals surface area contributed by atoms with Crippen LogP contribution in [0.1, 0.15) is 10.4 Å². The van der Waals surface area contributed by atoms with E-state index in [0.29, 0.717) is 16.6 Å². The first-order valence-corrected chi connectivity index (χ1v) is 7.52. The lowest BCUT2D eigenvalue weighted by Gasteiger charge is -2.05. The van der Waals surface area contributed by atoms with Gasteiger partial charge in [-0.15, -0.1) is 0 Å². The van der Waals surface area contributed by atoms with E-state index in [9.17, 15) is 9.18 Å². The molecule has 0 saturated heterocycles. The summed E-state index contributed by atoms with van der Waals surface area (Å²) in [4.78, 5) is 16.5. The highest BCUT2D eigenvalue weighted by Crippen LogP contribution is 2.29. The average molecular weight is 332 g/mol. The van der Waals surface area contributed by atoms with Crippen LogP contribution < -0.4 is 14.8 Å². The molecule has 1 N–H and O–H groups in total. The second-order valence-corrected chi connectivity index (χ2v) is 5.68. The lowest BCUT2D eigenvalue weighted by atomic mass is 10.2. The van der Waals surface area contributed by atoms with Crippen LogP contribution in [0.25, 0.3) is 10.2 Å². The number of benzene rings is 2. The number of hydrogen-bond donors (Lipinski definition) is 1. The number of halogens is 1. The second-order valence-electron chi connectivity index (χ2n) is 4.65. The molecule has 1 heterocycles. The number of carbonyl (C=O) groups excluding carboxylic acids is 1. The third kappa shape index (κ3) is 3.09.